The molecule has 1 aromatic heterocycles. The van der Waals surface area contributed by atoms with E-state index < -0.39 is 0 Å². The van der Waals surface area contributed by atoms with Crippen LogP contribution in [-0.2, 0) is 17.8 Å². The van der Waals surface area contributed by atoms with Crippen molar-refractivity contribution >= 4 is 45.9 Å². The number of nitrogens with one attached hydrogen (secondary N) is 2. The first-order chi connectivity index (χ1) is 23.9. The molecule has 2 N–H and O–H groups in total. The van der Waals surface area contributed by atoms with Crippen molar-refractivity contribution in [3.8, 4) is 28.4 Å². The van der Waals surface area contributed by atoms with Gasteiger partial charge in [0.2, 0.25) is 5.91 Å². The molecule has 0 aliphatic carbocycles. The second kappa shape index (κ2) is 14.3. The normalized spacial score (nSPS) is 13.8. The summed E-state index contributed by atoms with van der Waals surface area (Å²) in [5.74, 6) is 2.01. The van der Waals surface area contributed by atoms with Gasteiger partial charge in [0.15, 0.2) is 11.5 Å². The third kappa shape index (κ3) is 7.31. The van der Waals surface area contributed by atoms with Crippen LogP contribution in [0.2, 0.25) is 0 Å². The Morgan fingerprint density at radius 3 is 2.39 bits per heavy atom. The highest BCUT2D eigenvalue weighted by molar-refractivity contribution is 7.07. The lowest BCUT2D eigenvalue weighted by Gasteiger charge is -2.35. The third-order valence-corrected chi connectivity index (χ3v) is 9.44. The number of carbonyl (C=O) groups is 2. The molecule has 7 rings (SSSR count). The van der Waals surface area contributed by atoms with Crippen LogP contribution in [-0.4, -0.2) is 61.6 Å². The zero-order valence-electron chi connectivity index (χ0n) is 27.4. The first-order valence-electron chi connectivity index (χ1n) is 16.2. The van der Waals surface area contributed by atoms with Gasteiger partial charge in [0, 0.05) is 50.6 Å². The van der Waals surface area contributed by atoms with Crippen LogP contribution >= 0.6 is 11.3 Å². The van der Waals surface area contributed by atoms with Crippen molar-refractivity contribution in [3.05, 3.63) is 107 Å². The molecule has 10 nitrogen and oxygen atoms in total. The Hall–Kier alpha value is -5.55. The van der Waals surface area contributed by atoms with Crippen LogP contribution in [0.3, 0.4) is 0 Å². The van der Waals surface area contributed by atoms with Crippen LogP contribution in [0, 0.1) is 0 Å². The third-order valence-electron chi connectivity index (χ3n) is 8.81. The Morgan fingerprint density at radius 2 is 1.63 bits per heavy atom. The second-order valence-electron chi connectivity index (χ2n) is 11.9. The van der Waals surface area contributed by atoms with Gasteiger partial charge in [0.1, 0.15) is 12.4 Å². The quantitative estimate of drug-likeness (QED) is 0.163. The monoisotopic (exact) mass is 675 g/mol. The molecule has 0 atom stereocenters. The summed E-state index contributed by atoms with van der Waals surface area (Å²) in [6.45, 7) is 5.62. The van der Waals surface area contributed by atoms with E-state index in [1.807, 2.05) is 70.9 Å². The Bertz CT molecular complexity index is 1960. The molecule has 49 heavy (non-hydrogen) atoms. The smallest absolute Gasteiger partial charge is 0.257 e. The van der Waals surface area contributed by atoms with Crippen molar-refractivity contribution in [3.63, 3.8) is 0 Å². The molecule has 11 heteroatoms. The van der Waals surface area contributed by atoms with Gasteiger partial charge < -0.3 is 34.6 Å². The molecule has 0 bridgehead atoms. The number of rotatable bonds is 10. The standard InChI is InChI=1S/C38H37N5O5S/c1-25(44)42-14-16-43(17-15-42)30-6-8-31(9-7-30)47-18-13-26-3-11-33-35(19-26)41-38(45)32-10-4-27(20-34(32)40-33)28-5-12-36(37(21-28)46-2)48-22-29-23-49-24-39-29/h3-12,19-21,23-24,40H,13-18,22H2,1-2H3,(H,41,45). The van der Waals surface area contributed by atoms with Gasteiger partial charge in [0.05, 0.1) is 47.5 Å². The molecular weight excluding hydrogens is 639 g/mol. The summed E-state index contributed by atoms with van der Waals surface area (Å²) in [4.78, 5) is 33.4. The minimum atomic E-state index is -0.174. The van der Waals surface area contributed by atoms with Crippen LogP contribution in [0.5, 0.6) is 17.2 Å². The molecule has 2 aliphatic rings. The lowest BCUT2D eigenvalue weighted by Crippen LogP contribution is -2.48. The number of thiazole rings is 1. The maximum Gasteiger partial charge on any atom is 0.257 e. The number of aromatic nitrogens is 1. The lowest BCUT2D eigenvalue weighted by molar-refractivity contribution is -0.129. The van der Waals surface area contributed by atoms with Crippen molar-refractivity contribution in [2.24, 2.45) is 0 Å². The highest BCUT2D eigenvalue weighted by Gasteiger charge is 2.21. The molecule has 1 saturated heterocycles. The van der Waals surface area contributed by atoms with E-state index in [9.17, 15) is 9.59 Å². The van der Waals surface area contributed by atoms with Crippen molar-refractivity contribution in [2.75, 3.05) is 55.4 Å². The molecule has 1 fully saturated rings. The van der Waals surface area contributed by atoms with Gasteiger partial charge in [-0.1, -0.05) is 18.2 Å². The van der Waals surface area contributed by atoms with Crippen molar-refractivity contribution in [1.82, 2.24) is 9.88 Å². The topological polar surface area (TPSA) is 105 Å². The Kier molecular flexibility index (Phi) is 9.34. The maximum absolute atomic E-state index is 13.3. The molecule has 0 saturated carbocycles. The van der Waals surface area contributed by atoms with E-state index >= 15 is 0 Å². The minimum absolute atomic E-state index is 0.130. The van der Waals surface area contributed by atoms with E-state index in [-0.39, 0.29) is 11.8 Å². The fourth-order valence-corrected chi connectivity index (χ4v) is 6.61. The zero-order valence-corrected chi connectivity index (χ0v) is 28.2. The second-order valence-corrected chi connectivity index (χ2v) is 12.7. The molecule has 2 amide bonds. The average Bonchev–Trinajstić information content (AvgIpc) is 3.61. The Labute approximate surface area is 289 Å². The first kappa shape index (κ1) is 32.0. The molecule has 5 aromatic rings. The number of nitrogens with zero attached hydrogens (tertiary/aromatic N) is 3. The van der Waals surface area contributed by atoms with Gasteiger partial charge in [0.25, 0.3) is 5.91 Å². The summed E-state index contributed by atoms with van der Waals surface area (Å²) >= 11 is 1.53. The zero-order chi connectivity index (χ0) is 33.7. The Morgan fingerprint density at radius 1 is 0.837 bits per heavy atom. The van der Waals surface area contributed by atoms with Crippen molar-refractivity contribution in [1.29, 1.82) is 0 Å². The van der Waals surface area contributed by atoms with Crippen LogP contribution in [0.1, 0.15) is 28.5 Å². The minimum Gasteiger partial charge on any atom is -0.493 e. The van der Waals surface area contributed by atoms with Gasteiger partial charge in [-0.3, -0.25) is 9.59 Å². The van der Waals surface area contributed by atoms with E-state index in [0.717, 1.165) is 77.1 Å². The number of ether oxygens (including phenoxy) is 3. The lowest BCUT2D eigenvalue weighted by atomic mass is 10.0. The molecule has 0 radical (unpaired) electrons. The van der Waals surface area contributed by atoms with E-state index in [1.165, 1.54) is 11.3 Å². The highest BCUT2D eigenvalue weighted by atomic mass is 32.1. The number of carbonyl (C=O) groups excluding carboxylic acids is 2. The molecule has 3 heterocycles. The maximum atomic E-state index is 13.3. The Balaban J connectivity index is 0.980. The van der Waals surface area contributed by atoms with Crippen LogP contribution in [0.4, 0.5) is 22.7 Å². The summed E-state index contributed by atoms with van der Waals surface area (Å²) in [6.07, 6.45) is 0.681. The van der Waals surface area contributed by atoms with Crippen molar-refractivity contribution in [2.45, 2.75) is 20.0 Å². The van der Waals surface area contributed by atoms with Gasteiger partial charge in [-0.15, -0.1) is 11.3 Å². The fourth-order valence-electron chi connectivity index (χ4n) is 6.07. The number of methoxy groups -OCH3 is 1. The summed E-state index contributed by atoms with van der Waals surface area (Å²) in [5, 5.41) is 8.50. The van der Waals surface area contributed by atoms with E-state index in [0.29, 0.717) is 36.7 Å². The summed E-state index contributed by atoms with van der Waals surface area (Å²) < 4.78 is 17.6. The number of hydrogen-bond acceptors (Lipinski definition) is 9. The molecule has 4 aromatic carbocycles. The summed E-state index contributed by atoms with van der Waals surface area (Å²) in [6, 6.07) is 25.7. The molecule has 250 valence electrons. The van der Waals surface area contributed by atoms with E-state index in [1.54, 1.807) is 19.5 Å². The van der Waals surface area contributed by atoms with Crippen LogP contribution in [0.25, 0.3) is 11.1 Å². The molecule has 0 unspecified atom stereocenters. The predicted molar refractivity (Wildman–Crippen MR) is 193 cm³/mol. The fraction of sp³-hybridized carbons (Fsp3) is 0.237. The van der Waals surface area contributed by atoms with E-state index in [4.69, 9.17) is 14.2 Å². The van der Waals surface area contributed by atoms with Crippen LogP contribution < -0.4 is 29.7 Å². The molecule has 0 spiro atoms. The number of hydrogen-bond donors (Lipinski definition) is 2. The molecular formula is C38H37N5O5S. The summed E-state index contributed by atoms with van der Waals surface area (Å²) in [7, 11) is 1.62. The van der Waals surface area contributed by atoms with Gasteiger partial charge in [-0.05, 0) is 77.4 Å². The summed E-state index contributed by atoms with van der Waals surface area (Å²) in [5.41, 5.74) is 9.51. The van der Waals surface area contributed by atoms with Gasteiger partial charge in [-0.25, -0.2) is 4.98 Å². The average molecular weight is 676 g/mol. The predicted octanol–water partition coefficient (Wildman–Crippen LogP) is 7.00. The SMILES string of the molecule is COc1cc(-c2ccc3c(c2)Nc2ccc(CCOc4ccc(N5CCN(C(C)=O)CC5)cc4)cc2NC3=O)ccc1OCc1cscn1. The number of fused-ring (bicyclic) bond motifs is 2. The first-order valence-corrected chi connectivity index (χ1v) is 17.1. The number of benzene rings is 4. The van der Waals surface area contributed by atoms with Gasteiger partial charge in [-0.2, -0.15) is 0 Å². The van der Waals surface area contributed by atoms with Crippen molar-refractivity contribution < 1.29 is 23.8 Å². The van der Waals surface area contributed by atoms with E-state index in [2.05, 4.69) is 38.7 Å². The highest BCUT2D eigenvalue weighted by Crippen LogP contribution is 2.38. The number of piperazine rings is 1. The largest absolute Gasteiger partial charge is 0.493 e. The number of anilines is 4. The van der Waals surface area contributed by atoms with Crippen LogP contribution in [0.15, 0.2) is 89.8 Å². The molecule has 2 aliphatic heterocycles. The number of amides is 2. The van der Waals surface area contributed by atoms with Gasteiger partial charge >= 0.3 is 0 Å².